The summed E-state index contributed by atoms with van der Waals surface area (Å²) in [5.74, 6) is 0.678. The Bertz CT molecular complexity index is 787. The summed E-state index contributed by atoms with van der Waals surface area (Å²) in [4.78, 5) is 23.7. The molecule has 0 saturated heterocycles. The molecule has 1 N–H and O–H groups in total. The Kier molecular flexibility index (Phi) is 5.41. The number of carbonyl (C=O) groups is 2. The number of para-hydroxylation sites is 1. The van der Waals surface area contributed by atoms with Crippen LogP contribution in [0.4, 0.5) is 0 Å². The SMILES string of the molecule is COC(=O)COc1ccc(C(=O)N[C@@H]2C[C@@H](C)Oc3ccccc32)cc1. The highest BCUT2D eigenvalue weighted by Gasteiger charge is 2.27. The maximum atomic E-state index is 12.6. The number of hydrogen-bond acceptors (Lipinski definition) is 5. The van der Waals surface area contributed by atoms with Gasteiger partial charge in [-0.05, 0) is 37.3 Å². The minimum Gasteiger partial charge on any atom is -0.490 e. The van der Waals surface area contributed by atoms with Crippen LogP contribution in [0, 0.1) is 0 Å². The van der Waals surface area contributed by atoms with Gasteiger partial charge in [0, 0.05) is 17.5 Å². The molecular formula is C20H21NO5. The lowest BCUT2D eigenvalue weighted by molar-refractivity contribution is -0.142. The minimum atomic E-state index is -0.459. The van der Waals surface area contributed by atoms with Crippen molar-refractivity contribution < 1.29 is 23.8 Å². The summed E-state index contributed by atoms with van der Waals surface area (Å²) in [5.41, 5.74) is 1.50. The number of rotatable bonds is 5. The van der Waals surface area contributed by atoms with Gasteiger partial charge in [-0.1, -0.05) is 18.2 Å². The molecule has 0 saturated carbocycles. The summed E-state index contributed by atoms with van der Waals surface area (Å²) in [6.45, 7) is 1.82. The third-order valence-electron chi connectivity index (χ3n) is 4.20. The molecule has 0 aromatic heterocycles. The second-order valence-corrected chi connectivity index (χ2v) is 6.12. The summed E-state index contributed by atoms with van der Waals surface area (Å²) in [6, 6.07) is 14.3. The number of amides is 1. The van der Waals surface area contributed by atoms with Gasteiger partial charge in [-0.25, -0.2) is 4.79 Å². The van der Waals surface area contributed by atoms with Crippen LogP contribution in [-0.4, -0.2) is 31.7 Å². The summed E-state index contributed by atoms with van der Waals surface area (Å²) >= 11 is 0. The molecule has 2 aromatic rings. The number of ether oxygens (including phenoxy) is 3. The predicted octanol–water partition coefficient (Wildman–Crippen LogP) is 2.88. The van der Waals surface area contributed by atoms with Crippen molar-refractivity contribution in [3.05, 3.63) is 59.7 Å². The van der Waals surface area contributed by atoms with Gasteiger partial charge < -0.3 is 19.5 Å². The van der Waals surface area contributed by atoms with Crippen molar-refractivity contribution in [2.75, 3.05) is 13.7 Å². The van der Waals surface area contributed by atoms with E-state index in [9.17, 15) is 9.59 Å². The van der Waals surface area contributed by atoms with Crippen molar-refractivity contribution in [1.29, 1.82) is 0 Å². The molecule has 1 aliphatic heterocycles. The van der Waals surface area contributed by atoms with Crippen molar-refractivity contribution in [2.24, 2.45) is 0 Å². The zero-order chi connectivity index (χ0) is 18.5. The van der Waals surface area contributed by atoms with Gasteiger partial charge in [0.2, 0.25) is 0 Å². The largest absolute Gasteiger partial charge is 0.490 e. The van der Waals surface area contributed by atoms with Crippen LogP contribution in [0.2, 0.25) is 0 Å². The van der Waals surface area contributed by atoms with Gasteiger partial charge in [-0.2, -0.15) is 0 Å². The van der Waals surface area contributed by atoms with Crippen molar-refractivity contribution in [2.45, 2.75) is 25.5 Å². The van der Waals surface area contributed by atoms with Crippen LogP contribution in [0.15, 0.2) is 48.5 Å². The Morgan fingerprint density at radius 2 is 1.88 bits per heavy atom. The van der Waals surface area contributed by atoms with Gasteiger partial charge >= 0.3 is 5.97 Å². The van der Waals surface area contributed by atoms with E-state index in [0.29, 0.717) is 17.7 Å². The highest BCUT2D eigenvalue weighted by Crippen LogP contribution is 2.34. The molecule has 136 valence electrons. The van der Waals surface area contributed by atoms with E-state index < -0.39 is 5.97 Å². The fourth-order valence-corrected chi connectivity index (χ4v) is 2.88. The van der Waals surface area contributed by atoms with Gasteiger partial charge in [-0.15, -0.1) is 0 Å². The zero-order valence-corrected chi connectivity index (χ0v) is 14.7. The lowest BCUT2D eigenvalue weighted by atomic mass is 9.96. The van der Waals surface area contributed by atoms with Crippen LogP contribution in [0.3, 0.4) is 0 Å². The first kappa shape index (κ1) is 17.8. The molecule has 0 spiro atoms. The fraction of sp³-hybridized carbons (Fsp3) is 0.300. The molecular weight excluding hydrogens is 334 g/mol. The Morgan fingerprint density at radius 1 is 1.15 bits per heavy atom. The molecule has 6 nitrogen and oxygen atoms in total. The summed E-state index contributed by atoms with van der Waals surface area (Å²) in [6.07, 6.45) is 0.743. The zero-order valence-electron chi connectivity index (χ0n) is 14.7. The fourth-order valence-electron chi connectivity index (χ4n) is 2.88. The molecule has 0 aliphatic carbocycles. The maximum Gasteiger partial charge on any atom is 0.343 e. The van der Waals surface area contributed by atoms with E-state index in [2.05, 4.69) is 10.1 Å². The number of methoxy groups -OCH3 is 1. The average Bonchev–Trinajstić information content (AvgIpc) is 2.66. The molecule has 0 radical (unpaired) electrons. The van der Waals surface area contributed by atoms with Crippen molar-refractivity contribution in [3.63, 3.8) is 0 Å². The molecule has 1 amide bonds. The Hall–Kier alpha value is -3.02. The molecule has 1 heterocycles. The molecule has 2 aromatic carbocycles. The van der Waals surface area contributed by atoms with Crippen molar-refractivity contribution in [3.8, 4) is 11.5 Å². The monoisotopic (exact) mass is 355 g/mol. The number of fused-ring (bicyclic) bond motifs is 1. The predicted molar refractivity (Wildman–Crippen MR) is 95.3 cm³/mol. The third kappa shape index (κ3) is 4.14. The van der Waals surface area contributed by atoms with E-state index in [-0.39, 0.29) is 24.7 Å². The topological polar surface area (TPSA) is 73.9 Å². The van der Waals surface area contributed by atoms with Crippen molar-refractivity contribution in [1.82, 2.24) is 5.32 Å². The molecule has 0 fully saturated rings. The van der Waals surface area contributed by atoms with Crippen LogP contribution in [0.25, 0.3) is 0 Å². The maximum absolute atomic E-state index is 12.6. The second-order valence-electron chi connectivity index (χ2n) is 6.12. The first-order valence-corrected chi connectivity index (χ1v) is 8.43. The van der Waals surface area contributed by atoms with Gasteiger partial charge in [0.1, 0.15) is 11.5 Å². The molecule has 1 aliphatic rings. The minimum absolute atomic E-state index is 0.0318. The highest BCUT2D eigenvalue weighted by molar-refractivity contribution is 5.94. The first-order valence-electron chi connectivity index (χ1n) is 8.43. The Balaban J connectivity index is 1.66. The van der Waals surface area contributed by atoms with E-state index in [4.69, 9.17) is 9.47 Å². The van der Waals surface area contributed by atoms with E-state index in [1.165, 1.54) is 7.11 Å². The molecule has 26 heavy (non-hydrogen) atoms. The van der Waals surface area contributed by atoms with E-state index in [0.717, 1.165) is 11.3 Å². The van der Waals surface area contributed by atoms with Crippen LogP contribution >= 0.6 is 0 Å². The lowest BCUT2D eigenvalue weighted by Crippen LogP contribution is -2.35. The number of nitrogens with one attached hydrogen (secondary N) is 1. The third-order valence-corrected chi connectivity index (χ3v) is 4.20. The standard InChI is InChI=1S/C20H21NO5/c1-13-11-17(16-5-3-4-6-18(16)26-13)21-20(23)14-7-9-15(10-8-14)25-12-19(22)24-2/h3-10,13,17H,11-12H2,1-2H3,(H,21,23)/t13-,17-/m1/s1. The number of hydrogen-bond donors (Lipinski definition) is 1. The van der Waals surface area contributed by atoms with Crippen LogP contribution in [0.5, 0.6) is 11.5 Å². The molecule has 3 rings (SSSR count). The highest BCUT2D eigenvalue weighted by atomic mass is 16.6. The quantitative estimate of drug-likeness (QED) is 0.835. The number of carbonyl (C=O) groups excluding carboxylic acids is 2. The van der Waals surface area contributed by atoms with Gasteiger partial charge in [0.15, 0.2) is 6.61 Å². The number of esters is 1. The average molecular weight is 355 g/mol. The Morgan fingerprint density at radius 3 is 2.62 bits per heavy atom. The smallest absolute Gasteiger partial charge is 0.343 e. The van der Waals surface area contributed by atoms with E-state index >= 15 is 0 Å². The lowest BCUT2D eigenvalue weighted by Gasteiger charge is -2.31. The normalized spacial score (nSPS) is 18.2. The summed E-state index contributed by atoms with van der Waals surface area (Å²) in [5, 5.41) is 3.07. The summed E-state index contributed by atoms with van der Waals surface area (Å²) in [7, 11) is 1.30. The van der Waals surface area contributed by atoms with Crippen molar-refractivity contribution >= 4 is 11.9 Å². The van der Waals surface area contributed by atoms with Gasteiger partial charge in [0.05, 0.1) is 19.3 Å². The molecule has 0 unspecified atom stereocenters. The number of benzene rings is 2. The first-order chi connectivity index (χ1) is 12.6. The second kappa shape index (κ2) is 7.91. The molecule has 0 bridgehead atoms. The van der Waals surface area contributed by atoms with Gasteiger partial charge in [0.25, 0.3) is 5.91 Å². The van der Waals surface area contributed by atoms with Crippen LogP contribution in [-0.2, 0) is 9.53 Å². The molecule has 6 heteroatoms. The van der Waals surface area contributed by atoms with E-state index in [1.807, 2.05) is 31.2 Å². The van der Waals surface area contributed by atoms with E-state index in [1.54, 1.807) is 24.3 Å². The van der Waals surface area contributed by atoms with Gasteiger partial charge in [-0.3, -0.25) is 4.79 Å². The molecule has 2 atom stereocenters. The van der Waals surface area contributed by atoms with Crippen LogP contribution < -0.4 is 14.8 Å². The Labute approximate surface area is 152 Å². The van der Waals surface area contributed by atoms with Crippen LogP contribution in [0.1, 0.15) is 35.3 Å². The summed E-state index contributed by atoms with van der Waals surface area (Å²) < 4.78 is 15.6.